The van der Waals surface area contributed by atoms with Crippen molar-refractivity contribution in [3.8, 4) is 5.69 Å². The third kappa shape index (κ3) is 3.70. The van der Waals surface area contributed by atoms with Crippen LogP contribution in [0, 0.1) is 12.7 Å². The summed E-state index contributed by atoms with van der Waals surface area (Å²) in [6, 6.07) is 4.17. The average molecular weight is 373 g/mol. The number of halogens is 2. The van der Waals surface area contributed by atoms with Crippen LogP contribution in [0.25, 0.3) is 5.69 Å². The summed E-state index contributed by atoms with van der Waals surface area (Å²) in [5.74, 6) is -1.63. The smallest absolute Gasteiger partial charge is 0.313 e. The first-order chi connectivity index (χ1) is 9.88. The minimum Gasteiger partial charge on any atom is -0.481 e. The lowest BCUT2D eigenvalue weighted by molar-refractivity contribution is -0.133. The van der Waals surface area contributed by atoms with Crippen LogP contribution < -0.4 is 5.56 Å². The predicted octanol–water partition coefficient (Wildman–Crippen LogP) is 2.62. The molecule has 8 heteroatoms. The minimum atomic E-state index is -1.01. The number of carboxylic acids is 1. The number of hydrogen-bond donors (Lipinski definition) is 1. The Balaban J connectivity index is 2.55. The van der Waals surface area contributed by atoms with Gasteiger partial charge in [-0.25, -0.2) is 4.39 Å². The van der Waals surface area contributed by atoms with Crippen LogP contribution in [-0.2, 0) is 4.79 Å². The number of carbonyl (C=O) groups is 1. The van der Waals surface area contributed by atoms with Gasteiger partial charge in [-0.1, -0.05) is 11.8 Å². The molecule has 1 aromatic heterocycles. The third-order valence-corrected chi connectivity index (χ3v) is 4.15. The highest BCUT2D eigenvalue weighted by Crippen LogP contribution is 2.26. The quantitative estimate of drug-likeness (QED) is 0.659. The van der Waals surface area contributed by atoms with Gasteiger partial charge in [0.15, 0.2) is 5.16 Å². The molecule has 0 spiro atoms. The summed E-state index contributed by atoms with van der Waals surface area (Å²) in [6.07, 6.45) is 1.49. The highest BCUT2D eigenvalue weighted by atomic mass is 79.9. The SMILES string of the molecule is Cc1cc(F)c(Br)cc1-n1ccc(=O)nc1SCC(=O)O. The number of hydrogen-bond acceptors (Lipinski definition) is 4. The Kier molecular flexibility index (Phi) is 4.79. The van der Waals surface area contributed by atoms with E-state index in [-0.39, 0.29) is 15.4 Å². The molecule has 2 aromatic rings. The summed E-state index contributed by atoms with van der Waals surface area (Å²) in [6.45, 7) is 1.72. The fourth-order valence-corrected chi connectivity index (χ4v) is 2.73. The maximum Gasteiger partial charge on any atom is 0.313 e. The largest absolute Gasteiger partial charge is 0.481 e. The lowest BCUT2D eigenvalue weighted by atomic mass is 10.2. The van der Waals surface area contributed by atoms with Gasteiger partial charge in [-0.3, -0.25) is 14.2 Å². The molecule has 0 amide bonds. The van der Waals surface area contributed by atoms with E-state index in [9.17, 15) is 14.0 Å². The van der Waals surface area contributed by atoms with Crippen molar-refractivity contribution >= 4 is 33.7 Å². The molecular weight excluding hydrogens is 363 g/mol. The van der Waals surface area contributed by atoms with E-state index in [0.717, 1.165) is 11.8 Å². The molecule has 21 heavy (non-hydrogen) atoms. The zero-order chi connectivity index (χ0) is 15.6. The number of thioether (sulfide) groups is 1. The van der Waals surface area contributed by atoms with E-state index in [2.05, 4.69) is 20.9 Å². The fourth-order valence-electron chi connectivity index (χ4n) is 1.69. The molecule has 1 N–H and O–H groups in total. The average Bonchev–Trinajstić information content (AvgIpc) is 2.41. The number of benzene rings is 1. The number of rotatable bonds is 4. The number of nitrogens with zero attached hydrogens (tertiary/aromatic N) is 2. The number of aromatic nitrogens is 2. The zero-order valence-electron chi connectivity index (χ0n) is 10.8. The Morgan fingerprint density at radius 3 is 2.90 bits per heavy atom. The Bertz CT molecular complexity index is 764. The molecule has 0 aliphatic heterocycles. The molecule has 0 unspecified atom stereocenters. The highest BCUT2D eigenvalue weighted by molar-refractivity contribution is 9.10. The van der Waals surface area contributed by atoms with E-state index in [1.54, 1.807) is 17.6 Å². The van der Waals surface area contributed by atoms with Crippen LogP contribution in [0.15, 0.2) is 38.8 Å². The normalized spacial score (nSPS) is 10.6. The highest BCUT2D eigenvalue weighted by Gasteiger charge is 2.12. The molecule has 0 bridgehead atoms. The third-order valence-electron chi connectivity index (χ3n) is 2.60. The van der Waals surface area contributed by atoms with Crippen molar-refractivity contribution in [3.63, 3.8) is 0 Å². The monoisotopic (exact) mass is 372 g/mol. The van der Waals surface area contributed by atoms with Crippen LogP contribution in [0.3, 0.4) is 0 Å². The second kappa shape index (κ2) is 6.40. The van der Waals surface area contributed by atoms with Crippen molar-refractivity contribution in [3.05, 3.63) is 50.6 Å². The van der Waals surface area contributed by atoms with E-state index in [1.165, 1.54) is 18.3 Å². The Morgan fingerprint density at radius 2 is 2.24 bits per heavy atom. The van der Waals surface area contributed by atoms with Gasteiger partial charge in [0.1, 0.15) is 5.82 Å². The standard InChI is InChI=1S/C13H10BrFN2O3S/c1-7-4-9(15)8(14)5-10(7)17-3-2-11(18)16-13(17)21-6-12(19)20/h2-5H,6H2,1H3,(H,19,20). The molecule has 2 rings (SSSR count). The van der Waals surface area contributed by atoms with Crippen molar-refractivity contribution in [2.45, 2.75) is 12.1 Å². The van der Waals surface area contributed by atoms with Gasteiger partial charge in [0.25, 0.3) is 5.56 Å². The molecule has 1 heterocycles. The second-order valence-electron chi connectivity index (χ2n) is 4.15. The molecular formula is C13H10BrFN2O3S. The van der Waals surface area contributed by atoms with Gasteiger partial charge in [0.2, 0.25) is 0 Å². The molecule has 0 aliphatic rings. The summed E-state index contributed by atoms with van der Waals surface area (Å²) in [5, 5.41) is 8.99. The first kappa shape index (κ1) is 15.7. The molecule has 1 aromatic carbocycles. The Hall–Kier alpha value is -1.67. The maximum absolute atomic E-state index is 13.5. The van der Waals surface area contributed by atoms with Crippen LogP contribution in [0.5, 0.6) is 0 Å². The number of aryl methyl sites for hydroxylation is 1. The number of aliphatic carboxylic acids is 1. The lowest BCUT2D eigenvalue weighted by Gasteiger charge is -2.14. The molecule has 110 valence electrons. The van der Waals surface area contributed by atoms with Crippen molar-refractivity contribution in [1.29, 1.82) is 0 Å². The van der Waals surface area contributed by atoms with Crippen molar-refractivity contribution in [2.24, 2.45) is 0 Å². The summed E-state index contributed by atoms with van der Waals surface area (Å²) in [7, 11) is 0. The van der Waals surface area contributed by atoms with Gasteiger partial charge in [-0.15, -0.1) is 0 Å². The van der Waals surface area contributed by atoms with E-state index in [4.69, 9.17) is 5.11 Å². The summed E-state index contributed by atoms with van der Waals surface area (Å²) in [5.41, 5.74) is 0.792. The molecule has 0 atom stereocenters. The van der Waals surface area contributed by atoms with Crippen molar-refractivity contribution in [1.82, 2.24) is 9.55 Å². The predicted molar refractivity (Wildman–Crippen MR) is 80.6 cm³/mol. The maximum atomic E-state index is 13.5. The Morgan fingerprint density at radius 1 is 1.52 bits per heavy atom. The molecule has 5 nitrogen and oxygen atoms in total. The minimum absolute atomic E-state index is 0.224. The van der Waals surface area contributed by atoms with Crippen LogP contribution >= 0.6 is 27.7 Å². The molecule has 0 saturated heterocycles. The number of carboxylic acid groups (broad SMARTS) is 1. The first-order valence-corrected chi connectivity index (χ1v) is 7.56. The summed E-state index contributed by atoms with van der Waals surface area (Å²) < 4.78 is 15.3. The fraction of sp³-hybridized carbons (Fsp3) is 0.154. The van der Waals surface area contributed by atoms with Crippen LogP contribution in [0.4, 0.5) is 4.39 Å². The van der Waals surface area contributed by atoms with Crippen molar-refractivity contribution < 1.29 is 14.3 Å². The van der Waals surface area contributed by atoms with Gasteiger partial charge in [-0.05, 0) is 40.5 Å². The van der Waals surface area contributed by atoms with Gasteiger partial charge in [0.05, 0.1) is 15.9 Å². The van der Waals surface area contributed by atoms with Gasteiger partial charge in [0, 0.05) is 12.3 Å². The molecule has 0 fully saturated rings. The van der Waals surface area contributed by atoms with E-state index in [0.29, 0.717) is 11.3 Å². The summed E-state index contributed by atoms with van der Waals surface area (Å²) in [4.78, 5) is 25.9. The van der Waals surface area contributed by atoms with Crippen LogP contribution in [0.2, 0.25) is 0 Å². The van der Waals surface area contributed by atoms with Crippen LogP contribution in [0.1, 0.15) is 5.56 Å². The van der Waals surface area contributed by atoms with E-state index in [1.807, 2.05) is 0 Å². The van der Waals surface area contributed by atoms with Crippen LogP contribution in [-0.4, -0.2) is 26.4 Å². The lowest BCUT2D eigenvalue weighted by Crippen LogP contribution is -2.14. The molecule has 0 radical (unpaired) electrons. The van der Waals surface area contributed by atoms with Crippen molar-refractivity contribution in [2.75, 3.05) is 5.75 Å². The van der Waals surface area contributed by atoms with E-state index < -0.39 is 17.3 Å². The first-order valence-electron chi connectivity index (χ1n) is 5.79. The van der Waals surface area contributed by atoms with Gasteiger partial charge < -0.3 is 5.11 Å². The van der Waals surface area contributed by atoms with Gasteiger partial charge >= 0.3 is 5.97 Å². The topological polar surface area (TPSA) is 72.2 Å². The second-order valence-corrected chi connectivity index (χ2v) is 5.95. The summed E-state index contributed by atoms with van der Waals surface area (Å²) >= 11 is 4.03. The molecule has 0 saturated carbocycles. The van der Waals surface area contributed by atoms with Gasteiger partial charge in [-0.2, -0.15) is 4.98 Å². The zero-order valence-corrected chi connectivity index (χ0v) is 13.2. The Labute approximate surface area is 132 Å². The van der Waals surface area contributed by atoms with E-state index >= 15 is 0 Å². The molecule has 0 aliphatic carbocycles.